The predicted molar refractivity (Wildman–Crippen MR) is 95.7 cm³/mol. The van der Waals surface area contributed by atoms with Gasteiger partial charge in [-0.15, -0.1) is 24.0 Å². The molecule has 0 unspecified atom stereocenters. The summed E-state index contributed by atoms with van der Waals surface area (Å²) in [6.45, 7) is 5.41. The number of nitrogens with one attached hydrogen (secondary N) is 2. The summed E-state index contributed by atoms with van der Waals surface area (Å²) in [5.41, 5.74) is 6.71. The van der Waals surface area contributed by atoms with E-state index in [2.05, 4.69) is 20.6 Å². The maximum Gasteiger partial charge on any atom is 0.222 e. The van der Waals surface area contributed by atoms with E-state index >= 15 is 0 Å². The molecule has 0 radical (unpaired) electrons. The molecule has 118 valence electrons. The number of pyridine rings is 1. The van der Waals surface area contributed by atoms with E-state index in [9.17, 15) is 4.79 Å². The smallest absolute Gasteiger partial charge is 0.222 e. The highest BCUT2D eigenvalue weighted by Crippen LogP contribution is 1.94. The van der Waals surface area contributed by atoms with Gasteiger partial charge in [-0.1, -0.05) is 19.9 Å². The van der Waals surface area contributed by atoms with Gasteiger partial charge < -0.3 is 16.4 Å². The number of hydrogen-bond acceptors (Lipinski definition) is 3. The van der Waals surface area contributed by atoms with Crippen LogP contribution in [-0.2, 0) is 11.2 Å². The lowest BCUT2D eigenvalue weighted by atomic mass is 10.2. The van der Waals surface area contributed by atoms with Crippen LogP contribution in [0.25, 0.3) is 0 Å². The van der Waals surface area contributed by atoms with Crippen molar-refractivity contribution in [1.82, 2.24) is 15.6 Å². The normalized spacial score (nSPS) is 10.9. The van der Waals surface area contributed by atoms with E-state index in [1.165, 1.54) is 0 Å². The van der Waals surface area contributed by atoms with Gasteiger partial charge in [0.25, 0.3) is 0 Å². The van der Waals surface area contributed by atoms with Crippen molar-refractivity contribution < 1.29 is 4.79 Å². The molecule has 0 fully saturated rings. The fraction of sp³-hybridized carbons (Fsp3) is 0.500. The van der Waals surface area contributed by atoms with Crippen LogP contribution < -0.4 is 16.4 Å². The third-order valence-corrected chi connectivity index (χ3v) is 2.63. The lowest BCUT2D eigenvalue weighted by molar-refractivity contribution is -0.123. The highest BCUT2D eigenvalue weighted by atomic mass is 127. The molecular weight excluding hydrogens is 381 g/mol. The van der Waals surface area contributed by atoms with Crippen molar-refractivity contribution in [3.05, 3.63) is 30.1 Å². The van der Waals surface area contributed by atoms with Crippen LogP contribution in [-0.4, -0.2) is 36.5 Å². The van der Waals surface area contributed by atoms with Crippen molar-refractivity contribution in [3.63, 3.8) is 0 Å². The Balaban J connectivity index is 0.00000400. The Labute approximate surface area is 143 Å². The van der Waals surface area contributed by atoms with E-state index in [1.54, 1.807) is 6.20 Å². The third kappa shape index (κ3) is 9.22. The Hall–Kier alpha value is -1.38. The van der Waals surface area contributed by atoms with E-state index in [0.29, 0.717) is 25.6 Å². The van der Waals surface area contributed by atoms with Gasteiger partial charge in [-0.25, -0.2) is 0 Å². The summed E-state index contributed by atoms with van der Waals surface area (Å²) < 4.78 is 0. The number of amides is 1. The van der Waals surface area contributed by atoms with Crippen molar-refractivity contribution in [3.8, 4) is 0 Å². The van der Waals surface area contributed by atoms with Crippen LogP contribution in [0.3, 0.4) is 0 Å². The number of carbonyl (C=O) groups excluding carboxylic acids is 1. The maximum atomic E-state index is 11.3. The average molecular weight is 405 g/mol. The zero-order valence-corrected chi connectivity index (χ0v) is 14.8. The van der Waals surface area contributed by atoms with Gasteiger partial charge in [0.05, 0.1) is 0 Å². The number of guanidine groups is 1. The molecule has 0 atom stereocenters. The molecule has 0 aliphatic rings. The minimum absolute atomic E-state index is 0. The number of carbonyl (C=O) groups is 1. The van der Waals surface area contributed by atoms with Gasteiger partial charge in [0.15, 0.2) is 5.96 Å². The van der Waals surface area contributed by atoms with Gasteiger partial charge in [0.1, 0.15) is 0 Å². The predicted octanol–water partition coefficient (Wildman–Crippen LogP) is 0.919. The largest absolute Gasteiger partial charge is 0.370 e. The van der Waals surface area contributed by atoms with Crippen LogP contribution in [0.1, 0.15) is 19.5 Å². The number of aromatic nitrogens is 1. The molecule has 1 amide bonds. The van der Waals surface area contributed by atoms with Crippen LogP contribution in [0.15, 0.2) is 29.4 Å². The van der Waals surface area contributed by atoms with Gasteiger partial charge >= 0.3 is 0 Å². The first-order valence-electron chi connectivity index (χ1n) is 6.81. The van der Waals surface area contributed by atoms with Gasteiger partial charge in [-0.05, 0) is 12.1 Å². The second kappa shape index (κ2) is 11.3. The highest BCUT2D eigenvalue weighted by molar-refractivity contribution is 14.0. The molecule has 0 aliphatic heterocycles. The molecule has 7 heteroatoms. The van der Waals surface area contributed by atoms with Crippen molar-refractivity contribution >= 4 is 35.8 Å². The molecule has 6 nitrogen and oxygen atoms in total. The van der Waals surface area contributed by atoms with Gasteiger partial charge in [0, 0.05) is 43.9 Å². The fourth-order valence-electron chi connectivity index (χ4n) is 1.47. The number of hydrogen-bond donors (Lipinski definition) is 3. The lowest BCUT2D eigenvalue weighted by Crippen LogP contribution is -2.39. The quantitative estimate of drug-likeness (QED) is 0.272. The van der Waals surface area contributed by atoms with Crippen molar-refractivity contribution in [2.24, 2.45) is 16.6 Å². The van der Waals surface area contributed by atoms with Gasteiger partial charge in [-0.3, -0.25) is 14.8 Å². The molecule has 0 aliphatic carbocycles. The lowest BCUT2D eigenvalue weighted by Gasteiger charge is -2.09. The summed E-state index contributed by atoms with van der Waals surface area (Å²) in [4.78, 5) is 19.7. The first-order chi connectivity index (χ1) is 9.59. The SMILES string of the molecule is CC(C)C(=O)NCCNC(N)=NCCc1ccccn1.I. The molecule has 4 N–H and O–H groups in total. The maximum absolute atomic E-state index is 11.3. The number of nitrogens with two attached hydrogens (primary N) is 1. The number of aliphatic imine (C=N–C) groups is 1. The summed E-state index contributed by atoms with van der Waals surface area (Å²) >= 11 is 0. The molecule has 1 rings (SSSR count). The van der Waals surface area contributed by atoms with E-state index in [-0.39, 0.29) is 35.8 Å². The molecule has 0 aromatic carbocycles. The van der Waals surface area contributed by atoms with E-state index in [0.717, 1.165) is 12.1 Å². The minimum atomic E-state index is -0.000568. The highest BCUT2D eigenvalue weighted by Gasteiger charge is 2.04. The Morgan fingerprint density at radius 2 is 2.05 bits per heavy atom. The first-order valence-corrected chi connectivity index (χ1v) is 6.81. The van der Waals surface area contributed by atoms with Crippen LogP contribution in [0.4, 0.5) is 0 Å². The van der Waals surface area contributed by atoms with Crippen molar-refractivity contribution in [2.45, 2.75) is 20.3 Å². The zero-order chi connectivity index (χ0) is 14.8. The van der Waals surface area contributed by atoms with E-state index in [4.69, 9.17) is 5.73 Å². The molecular formula is C14H24IN5O. The number of nitrogens with zero attached hydrogens (tertiary/aromatic N) is 2. The van der Waals surface area contributed by atoms with Gasteiger partial charge in [0.2, 0.25) is 5.91 Å². The Kier molecular flexibility index (Phi) is 10.6. The van der Waals surface area contributed by atoms with Crippen LogP contribution in [0.2, 0.25) is 0 Å². The minimum Gasteiger partial charge on any atom is -0.370 e. The van der Waals surface area contributed by atoms with Gasteiger partial charge in [-0.2, -0.15) is 0 Å². The van der Waals surface area contributed by atoms with Crippen molar-refractivity contribution in [1.29, 1.82) is 0 Å². The molecule has 1 aromatic rings. The Morgan fingerprint density at radius 1 is 1.33 bits per heavy atom. The summed E-state index contributed by atoms with van der Waals surface area (Å²) in [6, 6.07) is 5.79. The first kappa shape index (κ1) is 19.6. The summed E-state index contributed by atoms with van der Waals surface area (Å²) in [7, 11) is 0. The summed E-state index contributed by atoms with van der Waals surface area (Å²) in [5.74, 6) is 0.427. The molecule has 21 heavy (non-hydrogen) atoms. The second-order valence-electron chi connectivity index (χ2n) is 4.71. The van der Waals surface area contributed by atoms with E-state index in [1.807, 2.05) is 32.0 Å². The molecule has 1 aromatic heterocycles. The summed E-state index contributed by atoms with van der Waals surface area (Å²) in [6.07, 6.45) is 2.52. The third-order valence-electron chi connectivity index (χ3n) is 2.63. The van der Waals surface area contributed by atoms with Crippen LogP contribution in [0, 0.1) is 5.92 Å². The Morgan fingerprint density at radius 3 is 2.67 bits per heavy atom. The fourth-order valence-corrected chi connectivity index (χ4v) is 1.47. The summed E-state index contributed by atoms with van der Waals surface area (Å²) in [5, 5.41) is 5.75. The molecule has 1 heterocycles. The van der Waals surface area contributed by atoms with Crippen LogP contribution >= 0.6 is 24.0 Å². The topological polar surface area (TPSA) is 92.4 Å². The molecule has 0 saturated carbocycles. The Bertz CT molecular complexity index is 436. The second-order valence-corrected chi connectivity index (χ2v) is 4.71. The number of rotatable bonds is 7. The number of halogens is 1. The monoisotopic (exact) mass is 405 g/mol. The molecule has 0 spiro atoms. The average Bonchev–Trinajstić information content (AvgIpc) is 2.44. The molecule has 0 saturated heterocycles. The van der Waals surface area contributed by atoms with Crippen molar-refractivity contribution in [2.75, 3.05) is 19.6 Å². The standard InChI is InChI=1S/C14H23N5O.HI/c1-11(2)13(20)17-9-10-19-14(15)18-8-6-12-5-3-4-7-16-12;/h3-5,7,11H,6,8-10H2,1-2H3,(H,17,20)(H3,15,18,19);1H. The zero-order valence-electron chi connectivity index (χ0n) is 12.5. The molecule has 0 bridgehead atoms. The van der Waals surface area contributed by atoms with Crippen LogP contribution in [0.5, 0.6) is 0 Å². The van der Waals surface area contributed by atoms with E-state index < -0.39 is 0 Å².